The average molecular weight is 1110 g/mol. The summed E-state index contributed by atoms with van der Waals surface area (Å²) in [5.74, 6) is -0.803. The van der Waals surface area contributed by atoms with Crippen LogP contribution in [0.15, 0.2) is 73.8 Å². The molecular formula is C54H76N12O8S2Si. The van der Waals surface area contributed by atoms with Gasteiger partial charge in [0.15, 0.2) is 31.1 Å². The van der Waals surface area contributed by atoms with Crippen LogP contribution in [0.4, 0.5) is 11.4 Å². The van der Waals surface area contributed by atoms with E-state index in [2.05, 4.69) is 88.1 Å². The van der Waals surface area contributed by atoms with Crippen LogP contribution in [0.25, 0.3) is 0 Å². The van der Waals surface area contributed by atoms with E-state index in [0.29, 0.717) is 43.1 Å². The van der Waals surface area contributed by atoms with E-state index in [4.69, 9.17) is 10.5 Å². The number of aromatic amines is 1. The number of carboxylic acid groups (broad SMARTS) is 1. The van der Waals surface area contributed by atoms with Gasteiger partial charge in [0.25, 0.3) is 5.91 Å². The lowest BCUT2D eigenvalue weighted by molar-refractivity contribution is 0.0667. The van der Waals surface area contributed by atoms with Gasteiger partial charge in [-0.25, -0.2) is 26.3 Å². The van der Waals surface area contributed by atoms with Gasteiger partial charge in [0.05, 0.1) is 57.9 Å². The summed E-state index contributed by atoms with van der Waals surface area (Å²) in [4.78, 5) is 32.7. The SMILES string of the molecule is CC1(C)CCc2c(C(=O)Nc3cnn(C(c4cccnc4)C4CCCCS4(=O)=O)c3)n[nH]c2C1.CC1(C)CCc2c(C(=O)O)nn(COCC[Si](C)(C)C)c2C1.Nc1cnn(C(c2cccnc2)C2CCCCS2(=O)=O)c1. The molecule has 8 heterocycles. The summed E-state index contributed by atoms with van der Waals surface area (Å²) in [6.45, 7) is 16.9. The molecule has 2 aliphatic carbocycles. The Morgan fingerprint density at radius 1 is 0.805 bits per heavy atom. The van der Waals surface area contributed by atoms with Crippen molar-refractivity contribution in [2.24, 2.45) is 10.8 Å². The number of rotatable bonds is 14. The molecule has 4 aliphatic rings. The maximum Gasteiger partial charge on any atom is 0.356 e. The maximum atomic E-state index is 13.0. The topological polar surface area (TPSA) is 278 Å². The number of nitrogens with zero attached hydrogens (tertiary/aromatic N) is 9. The van der Waals surface area contributed by atoms with Crippen molar-refractivity contribution in [1.82, 2.24) is 49.5 Å². The van der Waals surface area contributed by atoms with Crippen LogP contribution in [0.5, 0.6) is 0 Å². The molecule has 2 aliphatic heterocycles. The van der Waals surface area contributed by atoms with Gasteiger partial charge < -0.3 is 20.9 Å². The van der Waals surface area contributed by atoms with Crippen molar-refractivity contribution in [3.8, 4) is 0 Å². The minimum absolute atomic E-state index is 0.181. The number of carboxylic acids is 1. The second-order valence-electron chi connectivity index (χ2n) is 23.8. The Labute approximate surface area is 453 Å². The smallest absolute Gasteiger partial charge is 0.356 e. The highest BCUT2D eigenvalue weighted by atomic mass is 32.2. The number of amides is 1. The second kappa shape index (κ2) is 23.5. The summed E-state index contributed by atoms with van der Waals surface area (Å²) < 4.78 is 61.7. The van der Waals surface area contributed by atoms with Gasteiger partial charge in [0.1, 0.15) is 6.73 Å². The van der Waals surface area contributed by atoms with Crippen molar-refractivity contribution >= 4 is 51.0 Å². The van der Waals surface area contributed by atoms with Gasteiger partial charge in [-0.15, -0.1) is 0 Å². The number of aromatic nitrogens is 10. The van der Waals surface area contributed by atoms with Gasteiger partial charge in [-0.3, -0.25) is 29.2 Å². The number of sulfone groups is 2. The van der Waals surface area contributed by atoms with Crippen molar-refractivity contribution in [3.05, 3.63) is 119 Å². The van der Waals surface area contributed by atoms with Crippen molar-refractivity contribution in [1.29, 1.82) is 0 Å². The predicted molar refractivity (Wildman–Crippen MR) is 298 cm³/mol. The molecule has 0 spiro atoms. The predicted octanol–water partition coefficient (Wildman–Crippen LogP) is 8.15. The van der Waals surface area contributed by atoms with E-state index in [-0.39, 0.29) is 40.0 Å². The monoisotopic (exact) mass is 1110 g/mol. The first-order valence-corrected chi connectivity index (χ1v) is 33.9. The fraction of sp³-hybridized carbons (Fsp3) is 0.556. The molecule has 0 aromatic carbocycles. The number of aromatic carboxylic acids is 1. The minimum atomic E-state index is -3.28. The molecule has 1 amide bonds. The highest BCUT2D eigenvalue weighted by Gasteiger charge is 2.40. The number of pyridine rings is 2. The fourth-order valence-corrected chi connectivity index (χ4v) is 15.9. The number of carbonyl (C=O) groups excluding carboxylic acids is 1. The van der Waals surface area contributed by atoms with Crippen LogP contribution in [0.1, 0.15) is 146 Å². The van der Waals surface area contributed by atoms with Crippen LogP contribution in [0.3, 0.4) is 0 Å². The third kappa shape index (κ3) is 14.2. The largest absolute Gasteiger partial charge is 0.476 e. The zero-order valence-electron chi connectivity index (χ0n) is 45.5. The molecule has 2 fully saturated rings. The lowest BCUT2D eigenvalue weighted by atomic mass is 9.76. The normalized spacial score (nSPS) is 20.9. The van der Waals surface area contributed by atoms with Crippen LogP contribution in [0, 0.1) is 10.8 Å². The molecular weight excluding hydrogens is 1040 g/mol. The number of ether oxygens (including phenoxy) is 1. The van der Waals surface area contributed by atoms with Crippen molar-refractivity contribution in [2.75, 3.05) is 29.2 Å². The number of H-pyrrole nitrogens is 1. The molecule has 0 bridgehead atoms. The zero-order chi connectivity index (χ0) is 55.3. The van der Waals surface area contributed by atoms with Crippen LogP contribution >= 0.6 is 0 Å². The van der Waals surface area contributed by atoms with E-state index in [1.807, 2.05) is 18.2 Å². The van der Waals surface area contributed by atoms with E-state index >= 15 is 0 Å². The number of nitrogens with two attached hydrogens (primary N) is 1. The minimum Gasteiger partial charge on any atom is -0.476 e. The molecule has 4 atom stereocenters. The molecule has 6 aromatic rings. The Morgan fingerprint density at radius 2 is 1.38 bits per heavy atom. The van der Waals surface area contributed by atoms with Crippen LogP contribution in [-0.4, -0.2) is 120 Å². The average Bonchev–Trinajstić information content (AvgIpc) is 4.22. The van der Waals surface area contributed by atoms with Gasteiger partial charge in [0, 0.05) is 74.4 Å². The van der Waals surface area contributed by atoms with E-state index in [9.17, 15) is 31.5 Å². The number of nitrogens with one attached hydrogen (secondary N) is 2. The first kappa shape index (κ1) is 57.1. The zero-order valence-corrected chi connectivity index (χ0v) is 48.1. The number of anilines is 2. The first-order valence-electron chi connectivity index (χ1n) is 26.7. The molecule has 2 saturated heterocycles. The molecule has 5 N–H and O–H groups in total. The number of nitrogen functional groups attached to an aromatic ring is 1. The number of hydrogen-bond acceptors (Lipinski definition) is 14. The van der Waals surface area contributed by atoms with Crippen molar-refractivity contribution in [3.63, 3.8) is 0 Å². The molecule has 20 nitrogen and oxygen atoms in total. The lowest BCUT2D eigenvalue weighted by Crippen LogP contribution is -2.37. The summed E-state index contributed by atoms with van der Waals surface area (Å²) in [6.07, 6.45) is 22.9. The number of fused-ring (bicyclic) bond motifs is 2. The molecule has 23 heteroatoms. The Kier molecular flexibility index (Phi) is 17.4. The summed E-state index contributed by atoms with van der Waals surface area (Å²) in [5, 5.41) is 31.5. The Morgan fingerprint density at radius 3 is 1.91 bits per heavy atom. The van der Waals surface area contributed by atoms with Crippen LogP contribution < -0.4 is 11.1 Å². The van der Waals surface area contributed by atoms with Crippen molar-refractivity contribution in [2.45, 2.75) is 160 Å². The van der Waals surface area contributed by atoms with Gasteiger partial charge in [-0.05, 0) is 104 Å². The second-order valence-corrected chi connectivity index (χ2v) is 34.1. The van der Waals surface area contributed by atoms with Gasteiger partial charge >= 0.3 is 5.97 Å². The van der Waals surface area contributed by atoms with E-state index in [1.54, 1.807) is 69.7 Å². The Balaban J connectivity index is 0.000000160. The summed E-state index contributed by atoms with van der Waals surface area (Å²) >= 11 is 0. The van der Waals surface area contributed by atoms with Crippen molar-refractivity contribution < 1.29 is 36.3 Å². The molecule has 10 rings (SSSR count). The maximum absolute atomic E-state index is 13.0. The first-order chi connectivity index (χ1) is 36.4. The number of carbonyl (C=O) groups is 2. The summed E-state index contributed by atoms with van der Waals surface area (Å²) in [6, 6.07) is 7.59. The van der Waals surface area contributed by atoms with Gasteiger partial charge in [0.2, 0.25) is 0 Å². The Hall–Kier alpha value is -6.04. The Bertz CT molecular complexity index is 3220. The van der Waals surface area contributed by atoms with E-state index in [0.717, 1.165) is 104 Å². The van der Waals surface area contributed by atoms with E-state index in [1.165, 1.54) is 0 Å². The van der Waals surface area contributed by atoms with Gasteiger partial charge in [-0.1, -0.05) is 72.3 Å². The molecule has 4 unspecified atom stereocenters. The van der Waals surface area contributed by atoms with Crippen LogP contribution in [0.2, 0.25) is 25.7 Å². The summed E-state index contributed by atoms with van der Waals surface area (Å²) in [7, 11) is -7.53. The number of hydrogen-bond donors (Lipinski definition) is 4. The quantitative estimate of drug-likeness (QED) is 0.0591. The molecule has 0 saturated carbocycles. The molecule has 416 valence electrons. The molecule has 6 aromatic heterocycles. The van der Waals surface area contributed by atoms with Crippen LogP contribution in [-0.2, 0) is 56.8 Å². The third-order valence-electron chi connectivity index (χ3n) is 15.2. The highest BCUT2D eigenvalue weighted by molar-refractivity contribution is 7.92. The molecule has 77 heavy (non-hydrogen) atoms. The summed E-state index contributed by atoms with van der Waals surface area (Å²) in [5.41, 5.74) is 13.3. The highest BCUT2D eigenvalue weighted by Crippen LogP contribution is 2.39. The third-order valence-corrected chi connectivity index (χ3v) is 21.5. The molecule has 0 radical (unpaired) electrons. The lowest BCUT2D eigenvalue weighted by Gasteiger charge is -2.30. The van der Waals surface area contributed by atoms with E-state index < -0.39 is 50.3 Å². The fourth-order valence-electron chi connectivity index (χ4n) is 10.9. The standard InChI is InChI=1S/C24H30N6O3S.C16H28N2O3Si.C14H18N4O2S/c1-24(2)9-8-18-19(12-24)28-29-21(18)23(31)27-17-14-26-30(15-17)22(16-6-5-10-25-13-16)20-7-3-4-11-34(20,32)33;1-16(2)7-6-12-13(10-16)18(17-14(12)15(19)20)11-21-8-9-22(3,4)5;15-12-9-17-18(10-12)14(11-4-3-6-16-8-11)13-5-1-2-7-21(13,19)20/h5-6,10,13-15,20,22H,3-4,7-9,11-12H2,1-2H3,(H,27,31)(H,28,29);6-11H2,1-5H3,(H,19,20);3-4,6,8-10,13-14H,1-2,5,7,15H2. The van der Waals surface area contributed by atoms with Gasteiger partial charge in [-0.2, -0.15) is 20.4 Å².